The van der Waals surface area contributed by atoms with Crippen LogP contribution in [0.2, 0.25) is 5.67 Å². The molecule has 0 aliphatic rings. The predicted molar refractivity (Wildman–Crippen MR) is 101 cm³/mol. The predicted octanol–water partition coefficient (Wildman–Crippen LogP) is 4.28. The third kappa shape index (κ3) is 7.44. The fourth-order valence-electron chi connectivity index (χ4n) is 3.31. The highest BCUT2D eigenvalue weighted by atomic mass is 28.3. The average molecular weight is 333 g/mol. The van der Waals surface area contributed by atoms with Crippen molar-refractivity contribution in [1.82, 2.24) is 0 Å². The lowest BCUT2D eigenvalue weighted by Crippen LogP contribution is -2.35. The number of hydrogen-bond donors (Lipinski definition) is 0. The molecular weight excluding hydrogens is 292 g/mol. The van der Waals surface area contributed by atoms with Gasteiger partial charge in [-0.1, -0.05) is 54.4 Å². The minimum absolute atomic E-state index is 0.186. The summed E-state index contributed by atoms with van der Waals surface area (Å²) >= 11 is 0. The molecule has 0 saturated carbocycles. The Balaban J connectivity index is 4.13. The lowest BCUT2D eigenvalue weighted by atomic mass is 9.92. The molecule has 4 heteroatoms. The molecule has 0 aromatic heterocycles. The van der Waals surface area contributed by atoms with Crippen molar-refractivity contribution in [2.45, 2.75) is 110 Å². The van der Waals surface area contributed by atoms with Crippen LogP contribution in [0.15, 0.2) is 0 Å². The van der Waals surface area contributed by atoms with E-state index in [0.29, 0.717) is 0 Å². The highest BCUT2D eigenvalue weighted by Gasteiger charge is 2.27. The highest BCUT2D eigenvalue weighted by Crippen LogP contribution is 2.27. The first-order valence-corrected chi connectivity index (χ1v) is 12.5. The van der Waals surface area contributed by atoms with Gasteiger partial charge in [-0.05, 0) is 44.2 Å². The quantitative estimate of drug-likeness (QED) is 0.349. The van der Waals surface area contributed by atoms with Gasteiger partial charge < -0.3 is 8.85 Å². The molecule has 0 heterocycles. The third-order valence-electron chi connectivity index (χ3n) is 5.09. The largest absolute Gasteiger partial charge is 0.419 e. The van der Waals surface area contributed by atoms with Gasteiger partial charge in [0.05, 0.1) is 11.2 Å². The van der Waals surface area contributed by atoms with Crippen LogP contribution < -0.4 is 0 Å². The summed E-state index contributed by atoms with van der Waals surface area (Å²) in [5, 5.41) is 0. The standard InChI is InChI=1S/C17H40O2Si2/c1-7-13-16(9-3,10-4)18-20-15-21-19-17(11-5,12-6)14-8-2/h7-15,20-21H2,1-6H3. The summed E-state index contributed by atoms with van der Waals surface area (Å²) in [7, 11) is -0.793. The smallest absolute Gasteiger partial charge is 0.161 e. The molecule has 0 bridgehead atoms. The summed E-state index contributed by atoms with van der Waals surface area (Å²) in [5.74, 6) is 0. The van der Waals surface area contributed by atoms with E-state index >= 15 is 0 Å². The second-order valence-corrected chi connectivity index (χ2v) is 10.6. The van der Waals surface area contributed by atoms with Crippen molar-refractivity contribution in [1.29, 1.82) is 0 Å². The number of hydrogen-bond acceptors (Lipinski definition) is 2. The van der Waals surface area contributed by atoms with Crippen LogP contribution in [0.3, 0.4) is 0 Å². The van der Waals surface area contributed by atoms with Crippen LogP contribution in [0.4, 0.5) is 0 Å². The van der Waals surface area contributed by atoms with Gasteiger partial charge in [-0.2, -0.15) is 0 Å². The van der Waals surface area contributed by atoms with Crippen LogP contribution >= 0.6 is 0 Å². The van der Waals surface area contributed by atoms with Gasteiger partial charge in [0.2, 0.25) is 0 Å². The molecule has 0 amide bonds. The summed E-state index contributed by atoms with van der Waals surface area (Å²) in [6.07, 6.45) is 9.56. The maximum Gasteiger partial charge on any atom is 0.161 e. The fourth-order valence-corrected chi connectivity index (χ4v) is 6.90. The molecule has 0 aliphatic carbocycles. The van der Waals surface area contributed by atoms with Crippen LogP contribution in [-0.2, 0) is 8.85 Å². The summed E-state index contributed by atoms with van der Waals surface area (Å²) < 4.78 is 12.8. The summed E-state index contributed by atoms with van der Waals surface area (Å²) in [6, 6.07) is 0. The van der Waals surface area contributed by atoms with E-state index in [4.69, 9.17) is 8.85 Å². The van der Waals surface area contributed by atoms with Gasteiger partial charge in [-0.15, -0.1) is 0 Å². The highest BCUT2D eigenvalue weighted by molar-refractivity contribution is 6.48. The second kappa shape index (κ2) is 11.9. The fraction of sp³-hybridized carbons (Fsp3) is 1.00. The Labute approximate surface area is 138 Å². The minimum Gasteiger partial charge on any atom is -0.419 e. The van der Waals surface area contributed by atoms with Gasteiger partial charge >= 0.3 is 0 Å². The van der Waals surface area contributed by atoms with E-state index in [1.54, 1.807) is 0 Å². The van der Waals surface area contributed by atoms with Crippen molar-refractivity contribution in [2.75, 3.05) is 0 Å². The van der Waals surface area contributed by atoms with Gasteiger partial charge in [0, 0.05) is 0 Å². The third-order valence-corrected chi connectivity index (χ3v) is 9.04. The average Bonchev–Trinajstić information content (AvgIpc) is 2.52. The Bertz CT molecular complexity index is 215. The summed E-state index contributed by atoms with van der Waals surface area (Å²) in [4.78, 5) is 0. The molecule has 0 spiro atoms. The Kier molecular flexibility index (Phi) is 12.1. The molecule has 0 N–H and O–H groups in total. The van der Waals surface area contributed by atoms with E-state index in [0.717, 1.165) is 25.7 Å². The van der Waals surface area contributed by atoms with E-state index in [9.17, 15) is 0 Å². The maximum absolute atomic E-state index is 6.40. The zero-order chi connectivity index (χ0) is 16.2. The van der Waals surface area contributed by atoms with Gasteiger partial charge in [-0.25, -0.2) is 0 Å². The molecule has 128 valence electrons. The topological polar surface area (TPSA) is 18.5 Å². The van der Waals surface area contributed by atoms with Crippen LogP contribution in [0.1, 0.15) is 92.9 Å². The van der Waals surface area contributed by atoms with Gasteiger partial charge in [0.1, 0.15) is 0 Å². The zero-order valence-electron chi connectivity index (χ0n) is 15.6. The summed E-state index contributed by atoms with van der Waals surface area (Å²) in [5.41, 5.74) is 1.66. The van der Waals surface area contributed by atoms with Crippen molar-refractivity contribution < 1.29 is 8.85 Å². The molecule has 0 fully saturated rings. The molecule has 0 saturated heterocycles. The molecule has 21 heavy (non-hydrogen) atoms. The van der Waals surface area contributed by atoms with Gasteiger partial charge in [0.15, 0.2) is 19.5 Å². The normalized spacial score (nSPS) is 14.0. The zero-order valence-corrected chi connectivity index (χ0v) is 18.4. The maximum atomic E-state index is 6.40. The molecule has 0 aromatic carbocycles. The van der Waals surface area contributed by atoms with Crippen LogP contribution in [0.5, 0.6) is 0 Å². The minimum atomic E-state index is -0.397. The molecule has 0 rings (SSSR count). The Morgan fingerprint density at radius 3 is 1.19 bits per heavy atom. The second-order valence-electron chi connectivity index (χ2n) is 6.33. The molecule has 0 unspecified atom stereocenters. The monoisotopic (exact) mass is 332 g/mol. The lowest BCUT2D eigenvalue weighted by Gasteiger charge is -2.34. The van der Waals surface area contributed by atoms with Crippen molar-refractivity contribution in [2.24, 2.45) is 0 Å². The molecule has 0 atom stereocenters. The SMILES string of the molecule is CCCC(CC)(CC)O[SiH2]C[SiH2]OC(CC)(CC)CCC. The molecular formula is C17H40O2Si2. The van der Waals surface area contributed by atoms with Crippen molar-refractivity contribution >= 4 is 19.5 Å². The van der Waals surface area contributed by atoms with Gasteiger partial charge in [-0.3, -0.25) is 0 Å². The van der Waals surface area contributed by atoms with Crippen molar-refractivity contribution in [3.63, 3.8) is 0 Å². The van der Waals surface area contributed by atoms with Gasteiger partial charge in [0.25, 0.3) is 0 Å². The molecule has 0 aliphatic heterocycles. The van der Waals surface area contributed by atoms with Crippen LogP contribution in [0, 0.1) is 0 Å². The Hall–Kier alpha value is 0.354. The van der Waals surface area contributed by atoms with E-state index in [-0.39, 0.29) is 11.2 Å². The van der Waals surface area contributed by atoms with E-state index < -0.39 is 19.5 Å². The lowest BCUT2D eigenvalue weighted by molar-refractivity contribution is 0.0496. The summed E-state index contributed by atoms with van der Waals surface area (Å²) in [6.45, 7) is 13.7. The molecule has 2 nitrogen and oxygen atoms in total. The first kappa shape index (κ1) is 21.4. The first-order valence-electron chi connectivity index (χ1n) is 9.35. The Morgan fingerprint density at radius 1 is 0.619 bits per heavy atom. The number of rotatable bonds is 14. The van der Waals surface area contributed by atoms with E-state index in [2.05, 4.69) is 41.5 Å². The molecule has 0 aromatic rings. The Morgan fingerprint density at radius 2 is 0.952 bits per heavy atom. The first-order chi connectivity index (χ1) is 10.1. The van der Waals surface area contributed by atoms with Crippen LogP contribution in [-0.4, -0.2) is 30.7 Å². The molecule has 0 radical (unpaired) electrons. The van der Waals surface area contributed by atoms with E-state index in [1.807, 2.05) is 0 Å². The van der Waals surface area contributed by atoms with Crippen molar-refractivity contribution in [3.8, 4) is 0 Å². The van der Waals surface area contributed by atoms with Crippen molar-refractivity contribution in [3.05, 3.63) is 0 Å². The van der Waals surface area contributed by atoms with E-state index in [1.165, 1.54) is 31.4 Å². The van der Waals surface area contributed by atoms with Crippen LogP contribution in [0.25, 0.3) is 0 Å².